The van der Waals surface area contributed by atoms with E-state index in [9.17, 15) is 0 Å². The Morgan fingerprint density at radius 1 is 0.393 bits per heavy atom. The number of amidine groups is 2. The van der Waals surface area contributed by atoms with Crippen LogP contribution < -0.4 is 5.32 Å². The van der Waals surface area contributed by atoms with Crippen molar-refractivity contribution >= 4 is 33.6 Å². The van der Waals surface area contributed by atoms with Crippen molar-refractivity contribution in [1.82, 2.24) is 20.3 Å². The van der Waals surface area contributed by atoms with Gasteiger partial charge in [0.2, 0.25) is 0 Å². The van der Waals surface area contributed by atoms with E-state index >= 15 is 0 Å². The monoisotopic (exact) mass is 784 g/mol. The minimum absolute atomic E-state index is 0.323. The summed E-state index contributed by atoms with van der Waals surface area (Å²) in [5, 5.41) is 5.58. The van der Waals surface area contributed by atoms with Crippen molar-refractivity contribution in [3.8, 4) is 56.4 Å². The summed E-state index contributed by atoms with van der Waals surface area (Å²) in [6.45, 7) is 0. The van der Waals surface area contributed by atoms with E-state index in [4.69, 9.17) is 29.4 Å². The lowest BCUT2D eigenvalue weighted by molar-refractivity contribution is 0.669. The standard InChI is InChI=1S/C54H36N6O/c1-5-18-35(19-6-1)45-34-39(32-33-42(45)53-56-49(36-20-7-2-8-21-36)55-50(57-53)37-22-9-3-10-23-37)40-26-13-14-27-41(40)52-58-51(38-24-11-4-12-25-38)59-54(60-52)44-29-17-31-47-48(44)43-28-15-16-30-46(43)61-47/h1-34,49H,(H,55,56,57). The molecule has 2 aromatic heterocycles. The first-order chi connectivity index (χ1) is 30.2. The summed E-state index contributed by atoms with van der Waals surface area (Å²) in [6.07, 6.45) is -0.323. The Morgan fingerprint density at radius 3 is 1.72 bits per heavy atom. The zero-order valence-electron chi connectivity index (χ0n) is 32.9. The number of nitrogens with one attached hydrogen (secondary N) is 1. The molecule has 7 nitrogen and oxygen atoms in total. The fourth-order valence-corrected chi connectivity index (χ4v) is 8.11. The highest BCUT2D eigenvalue weighted by molar-refractivity contribution is 6.16. The number of para-hydroxylation sites is 1. The molecule has 7 heteroatoms. The van der Waals surface area contributed by atoms with Crippen molar-refractivity contribution in [2.24, 2.45) is 9.98 Å². The molecular weight excluding hydrogens is 749 g/mol. The molecule has 61 heavy (non-hydrogen) atoms. The third kappa shape index (κ3) is 6.84. The topological polar surface area (TPSA) is 88.6 Å². The van der Waals surface area contributed by atoms with E-state index in [-0.39, 0.29) is 6.17 Å². The van der Waals surface area contributed by atoms with Gasteiger partial charge in [0.15, 0.2) is 23.3 Å². The second kappa shape index (κ2) is 15.5. The predicted octanol–water partition coefficient (Wildman–Crippen LogP) is 12.6. The molecule has 1 aliphatic heterocycles. The Morgan fingerprint density at radius 2 is 0.967 bits per heavy atom. The van der Waals surface area contributed by atoms with E-state index in [1.54, 1.807) is 0 Å². The molecule has 10 aromatic rings. The van der Waals surface area contributed by atoms with Crippen LogP contribution in [0.25, 0.3) is 78.4 Å². The molecule has 0 amide bonds. The van der Waals surface area contributed by atoms with Crippen molar-refractivity contribution in [2.45, 2.75) is 6.17 Å². The lowest BCUT2D eigenvalue weighted by Crippen LogP contribution is -2.33. The lowest BCUT2D eigenvalue weighted by atomic mass is 9.91. The molecule has 1 aliphatic rings. The second-order valence-corrected chi connectivity index (χ2v) is 14.9. The first-order valence-corrected chi connectivity index (χ1v) is 20.3. The van der Waals surface area contributed by atoms with Crippen LogP contribution in [-0.4, -0.2) is 26.6 Å². The fourth-order valence-electron chi connectivity index (χ4n) is 8.11. The normalized spacial score (nSPS) is 13.7. The molecule has 3 heterocycles. The summed E-state index contributed by atoms with van der Waals surface area (Å²) >= 11 is 0. The van der Waals surface area contributed by atoms with Crippen molar-refractivity contribution < 1.29 is 4.42 Å². The van der Waals surface area contributed by atoms with E-state index in [1.165, 1.54) is 0 Å². The number of aliphatic imine (C=N–C) groups is 2. The predicted molar refractivity (Wildman–Crippen MR) is 246 cm³/mol. The maximum atomic E-state index is 6.29. The highest BCUT2D eigenvalue weighted by atomic mass is 16.3. The van der Waals surface area contributed by atoms with E-state index < -0.39 is 0 Å². The van der Waals surface area contributed by atoms with Crippen LogP contribution in [0.15, 0.2) is 221 Å². The third-order valence-electron chi connectivity index (χ3n) is 11.0. The van der Waals surface area contributed by atoms with Gasteiger partial charge in [-0.15, -0.1) is 0 Å². The number of fused-ring (bicyclic) bond motifs is 3. The summed E-state index contributed by atoms with van der Waals surface area (Å²) in [6, 6.07) is 70.0. The van der Waals surface area contributed by atoms with Gasteiger partial charge < -0.3 is 9.73 Å². The molecule has 288 valence electrons. The van der Waals surface area contributed by atoms with Gasteiger partial charge in [-0.2, -0.15) is 0 Å². The number of furan rings is 1. The molecule has 1 unspecified atom stereocenters. The van der Waals surface area contributed by atoms with Gasteiger partial charge in [0.05, 0.1) is 0 Å². The van der Waals surface area contributed by atoms with E-state index in [0.29, 0.717) is 23.3 Å². The molecule has 0 bridgehead atoms. The van der Waals surface area contributed by atoms with Crippen LogP contribution in [0.3, 0.4) is 0 Å². The molecule has 0 radical (unpaired) electrons. The van der Waals surface area contributed by atoms with Gasteiger partial charge in [-0.3, -0.25) is 0 Å². The third-order valence-corrected chi connectivity index (χ3v) is 11.0. The van der Waals surface area contributed by atoms with Gasteiger partial charge in [-0.1, -0.05) is 182 Å². The van der Waals surface area contributed by atoms with Crippen LogP contribution in [0, 0.1) is 0 Å². The number of rotatable bonds is 8. The van der Waals surface area contributed by atoms with E-state index in [2.05, 4.69) is 102 Å². The van der Waals surface area contributed by atoms with Gasteiger partial charge in [0.1, 0.15) is 23.2 Å². The average Bonchev–Trinajstić information content (AvgIpc) is 3.74. The average molecular weight is 785 g/mol. The zero-order valence-corrected chi connectivity index (χ0v) is 32.9. The Labute approximate surface area is 352 Å². The Kier molecular flexibility index (Phi) is 9.09. The number of hydrogen-bond acceptors (Lipinski definition) is 7. The lowest BCUT2D eigenvalue weighted by Gasteiger charge is -2.24. The van der Waals surface area contributed by atoms with Gasteiger partial charge in [0.25, 0.3) is 0 Å². The molecule has 11 rings (SSSR count). The molecule has 0 spiro atoms. The van der Waals surface area contributed by atoms with Gasteiger partial charge in [-0.25, -0.2) is 24.9 Å². The quantitative estimate of drug-likeness (QED) is 0.166. The van der Waals surface area contributed by atoms with Gasteiger partial charge >= 0.3 is 0 Å². The molecule has 1 atom stereocenters. The second-order valence-electron chi connectivity index (χ2n) is 14.9. The van der Waals surface area contributed by atoms with Crippen molar-refractivity contribution in [3.63, 3.8) is 0 Å². The molecule has 0 saturated heterocycles. The maximum Gasteiger partial charge on any atom is 0.164 e. The molecular formula is C54H36N6O. The van der Waals surface area contributed by atoms with Crippen LogP contribution in [0.2, 0.25) is 0 Å². The summed E-state index contributed by atoms with van der Waals surface area (Å²) in [5.74, 6) is 3.15. The van der Waals surface area contributed by atoms with E-state index in [1.807, 2.05) is 109 Å². The first-order valence-electron chi connectivity index (χ1n) is 20.3. The summed E-state index contributed by atoms with van der Waals surface area (Å²) in [5.41, 5.74) is 11.3. The maximum absolute atomic E-state index is 6.29. The number of aromatic nitrogens is 3. The zero-order chi connectivity index (χ0) is 40.5. The van der Waals surface area contributed by atoms with Crippen molar-refractivity contribution in [1.29, 1.82) is 0 Å². The van der Waals surface area contributed by atoms with Crippen molar-refractivity contribution in [2.75, 3.05) is 0 Å². The highest BCUT2D eigenvalue weighted by Gasteiger charge is 2.24. The number of nitrogens with zero attached hydrogens (tertiary/aromatic N) is 5. The first kappa shape index (κ1) is 35.8. The molecule has 1 N–H and O–H groups in total. The smallest absolute Gasteiger partial charge is 0.164 e. The summed E-state index contributed by atoms with van der Waals surface area (Å²) in [7, 11) is 0. The largest absolute Gasteiger partial charge is 0.456 e. The minimum atomic E-state index is -0.323. The van der Waals surface area contributed by atoms with Crippen LogP contribution in [0.4, 0.5) is 0 Å². The Bertz CT molecular complexity index is 3270. The van der Waals surface area contributed by atoms with Gasteiger partial charge in [0, 0.05) is 38.6 Å². The Hall–Kier alpha value is -8.29. The molecule has 0 fully saturated rings. The Balaban J connectivity index is 1.09. The molecule has 8 aromatic carbocycles. The minimum Gasteiger partial charge on any atom is -0.456 e. The van der Waals surface area contributed by atoms with Crippen molar-refractivity contribution in [3.05, 3.63) is 223 Å². The van der Waals surface area contributed by atoms with Crippen LogP contribution >= 0.6 is 0 Å². The van der Waals surface area contributed by atoms with Crippen LogP contribution in [0.5, 0.6) is 0 Å². The number of benzene rings is 8. The molecule has 0 aliphatic carbocycles. The van der Waals surface area contributed by atoms with Crippen LogP contribution in [0.1, 0.15) is 22.9 Å². The van der Waals surface area contributed by atoms with E-state index in [0.717, 1.165) is 83.4 Å². The number of hydrogen-bond donors (Lipinski definition) is 1. The summed E-state index contributed by atoms with van der Waals surface area (Å²) < 4.78 is 6.29. The van der Waals surface area contributed by atoms with Crippen LogP contribution in [-0.2, 0) is 0 Å². The summed E-state index contributed by atoms with van der Waals surface area (Å²) in [4.78, 5) is 26.0. The molecule has 0 saturated carbocycles. The highest BCUT2D eigenvalue weighted by Crippen LogP contribution is 2.39. The SMILES string of the molecule is c1ccc(C2=NC(c3ccc(-c4ccccc4-c4nc(-c5ccccc5)nc(-c5cccc6oc7ccccc7c56)n4)cc3-c3ccccc3)=NC(c3ccccc3)N2)cc1. The fraction of sp³-hybridized carbons (Fsp3) is 0.0185. The van der Waals surface area contributed by atoms with Gasteiger partial charge in [-0.05, 0) is 52.1 Å².